The minimum Gasteiger partial charge on any atom is -0.545 e. The molecular formula is C34H44N4O12. The van der Waals surface area contributed by atoms with Gasteiger partial charge < -0.3 is 59.2 Å². The van der Waals surface area contributed by atoms with Gasteiger partial charge in [0, 0.05) is 11.1 Å². The van der Waals surface area contributed by atoms with Gasteiger partial charge in [0.15, 0.2) is 23.0 Å². The molecule has 0 amide bonds. The second-order valence-electron chi connectivity index (χ2n) is 9.05. The van der Waals surface area contributed by atoms with Gasteiger partial charge in [-0.15, -0.1) is 0 Å². The van der Waals surface area contributed by atoms with Crippen LogP contribution in [-0.2, 0) is 0 Å². The normalized spacial score (nSPS) is 8.92. The van der Waals surface area contributed by atoms with E-state index in [1.807, 2.05) is 60.7 Å². The highest BCUT2D eigenvalue weighted by Crippen LogP contribution is 2.38. The number of hydrogen-bond acceptors (Lipinski definition) is 10. The van der Waals surface area contributed by atoms with Crippen molar-refractivity contribution in [2.75, 3.05) is 42.7 Å². The highest BCUT2D eigenvalue weighted by Gasteiger charge is 2.14. The Labute approximate surface area is 289 Å². The summed E-state index contributed by atoms with van der Waals surface area (Å²) in [5.74, 6) is 0.00362. The summed E-state index contributed by atoms with van der Waals surface area (Å²) < 4.78 is 30.0. The van der Waals surface area contributed by atoms with Crippen molar-refractivity contribution in [2.45, 2.75) is 0 Å². The number of nitrogens with two attached hydrogens (primary N) is 4. The summed E-state index contributed by atoms with van der Waals surface area (Å²) >= 11 is 0. The van der Waals surface area contributed by atoms with E-state index < -0.39 is 11.9 Å². The number of carboxylic acids is 2. The molecule has 0 radical (unpaired) electrons. The average molecular weight is 701 g/mol. The van der Waals surface area contributed by atoms with Crippen molar-refractivity contribution < 1.29 is 70.0 Å². The van der Waals surface area contributed by atoms with E-state index >= 15 is 0 Å². The van der Waals surface area contributed by atoms with Gasteiger partial charge in [0.1, 0.15) is 0 Å². The summed E-state index contributed by atoms with van der Waals surface area (Å²) in [6.45, 7) is 0. The first-order valence-electron chi connectivity index (χ1n) is 13.8. The maximum absolute atomic E-state index is 10.7. The van der Waals surface area contributed by atoms with Crippen molar-refractivity contribution in [1.82, 2.24) is 0 Å². The van der Waals surface area contributed by atoms with E-state index in [1.165, 1.54) is 66.9 Å². The molecule has 0 fully saturated rings. The van der Waals surface area contributed by atoms with Crippen LogP contribution in [0.4, 0.5) is 0 Å². The molecule has 0 aliphatic rings. The van der Waals surface area contributed by atoms with E-state index in [9.17, 15) is 19.8 Å². The highest BCUT2D eigenvalue weighted by molar-refractivity contribution is 5.93. The van der Waals surface area contributed by atoms with Crippen molar-refractivity contribution in [1.29, 1.82) is 0 Å². The SMILES string of the molecule is COc1cc(C(=O)[O-])cc(OC)c1OC.COc1cc(C(=O)[O-])cc(OC)c1OC.NC(=[NH2+])c1ccccc1.NC(=[NH2+])c1ccccc1.O.O. The largest absolute Gasteiger partial charge is 0.545 e. The Balaban J connectivity index is 0. The number of hydrogen-bond donors (Lipinski definition) is 4. The lowest BCUT2D eigenvalue weighted by molar-refractivity contribution is -0.256. The Morgan fingerprint density at radius 3 is 0.860 bits per heavy atom. The summed E-state index contributed by atoms with van der Waals surface area (Å²) in [7, 11) is 8.54. The monoisotopic (exact) mass is 700 g/mol. The van der Waals surface area contributed by atoms with Crippen LogP contribution in [0.3, 0.4) is 0 Å². The summed E-state index contributed by atoms with van der Waals surface area (Å²) in [6.07, 6.45) is 0. The van der Waals surface area contributed by atoms with Crippen molar-refractivity contribution in [3.05, 3.63) is 107 Å². The molecule has 0 bridgehead atoms. The minimum absolute atomic E-state index is 0. The molecule has 4 aromatic rings. The topological polar surface area (TPSA) is 302 Å². The third-order valence-electron chi connectivity index (χ3n) is 6.02. The lowest BCUT2D eigenvalue weighted by Crippen LogP contribution is -2.46. The molecule has 0 spiro atoms. The van der Waals surface area contributed by atoms with Gasteiger partial charge in [-0.3, -0.25) is 22.3 Å². The van der Waals surface area contributed by atoms with Crippen LogP contribution in [0.1, 0.15) is 31.8 Å². The van der Waals surface area contributed by atoms with Crippen LogP contribution in [-0.4, -0.2) is 77.2 Å². The number of methoxy groups -OCH3 is 6. The molecule has 0 heterocycles. The molecule has 16 heteroatoms. The molecule has 0 unspecified atom stereocenters. The maximum Gasteiger partial charge on any atom is 0.270 e. The maximum atomic E-state index is 10.7. The fraction of sp³-hybridized carbons (Fsp3) is 0.176. The second-order valence-corrected chi connectivity index (χ2v) is 9.05. The number of rotatable bonds is 10. The smallest absolute Gasteiger partial charge is 0.270 e. The number of aromatic carboxylic acids is 2. The third-order valence-corrected chi connectivity index (χ3v) is 6.02. The van der Waals surface area contributed by atoms with Crippen LogP contribution in [0.25, 0.3) is 0 Å². The first-order chi connectivity index (χ1) is 22.9. The van der Waals surface area contributed by atoms with Crippen molar-refractivity contribution in [2.24, 2.45) is 11.5 Å². The zero-order valence-electron chi connectivity index (χ0n) is 28.5. The first-order valence-corrected chi connectivity index (χ1v) is 13.8. The minimum atomic E-state index is -1.30. The molecule has 0 aliphatic carbocycles. The van der Waals surface area contributed by atoms with E-state index in [1.54, 1.807) is 0 Å². The molecular weight excluding hydrogens is 656 g/mol. The highest BCUT2D eigenvalue weighted by atomic mass is 16.5. The van der Waals surface area contributed by atoms with Gasteiger partial charge in [-0.1, -0.05) is 36.4 Å². The molecule has 4 rings (SSSR count). The Kier molecular flexibility index (Phi) is 21.7. The van der Waals surface area contributed by atoms with E-state index in [-0.39, 0.29) is 45.1 Å². The Morgan fingerprint density at radius 2 is 0.720 bits per heavy atom. The fourth-order valence-corrected chi connectivity index (χ4v) is 3.66. The predicted molar refractivity (Wildman–Crippen MR) is 181 cm³/mol. The zero-order chi connectivity index (χ0) is 36.2. The van der Waals surface area contributed by atoms with Gasteiger partial charge in [-0.25, -0.2) is 0 Å². The van der Waals surface area contributed by atoms with E-state index in [4.69, 9.17) is 50.7 Å². The zero-order valence-corrected chi connectivity index (χ0v) is 28.5. The molecule has 0 saturated carbocycles. The summed E-state index contributed by atoms with van der Waals surface area (Å²) in [4.78, 5) is 21.3. The molecule has 12 N–H and O–H groups in total. The van der Waals surface area contributed by atoms with Crippen LogP contribution < -0.4 is 60.9 Å². The van der Waals surface area contributed by atoms with Crippen molar-refractivity contribution in [3.63, 3.8) is 0 Å². The van der Waals surface area contributed by atoms with Gasteiger partial charge >= 0.3 is 0 Å². The first kappa shape index (κ1) is 45.6. The number of carboxylic acid groups (broad SMARTS) is 2. The standard InChI is InChI=1S/2C10H12O5.2C7H8N2.2H2O/c2*1-13-7-4-6(10(11)12)5-8(14-2)9(7)15-3;2*8-7(9)6-4-2-1-3-5-6;;/h2*4-5H,1-3H3,(H,11,12);2*1-5H,(H3,8,9);2*1H2. The number of benzene rings is 4. The van der Waals surface area contributed by atoms with Gasteiger partial charge in [0.25, 0.3) is 11.7 Å². The third kappa shape index (κ3) is 14.1. The summed E-state index contributed by atoms with van der Waals surface area (Å²) in [6, 6.07) is 24.2. The predicted octanol–water partition coefficient (Wildman–Crippen LogP) is -3.20. The lowest BCUT2D eigenvalue weighted by Gasteiger charge is -2.14. The van der Waals surface area contributed by atoms with Gasteiger partial charge in [-0.2, -0.15) is 0 Å². The average Bonchev–Trinajstić information content (AvgIpc) is 3.11. The van der Waals surface area contributed by atoms with Crippen LogP contribution in [0.2, 0.25) is 0 Å². The Hall–Kier alpha value is -6.52. The van der Waals surface area contributed by atoms with Crippen LogP contribution in [0.15, 0.2) is 84.9 Å². The molecule has 50 heavy (non-hydrogen) atoms. The molecule has 0 aliphatic heterocycles. The molecule has 0 saturated heterocycles. The molecule has 0 aromatic heterocycles. The number of amidine groups is 2. The number of carbonyl (C=O) groups excluding carboxylic acids is 2. The van der Waals surface area contributed by atoms with E-state index in [0.29, 0.717) is 23.2 Å². The summed E-state index contributed by atoms with van der Waals surface area (Å²) in [5, 5.41) is 32.0. The summed E-state index contributed by atoms with van der Waals surface area (Å²) in [5.41, 5.74) is 12.3. The van der Waals surface area contributed by atoms with E-state index in [0.717, 1.165) is 11.1 Å². The van der Waals surface area contributed by atoms with Crippen LogP contribution >= 0.6 is 0 Å². The van der Waals surface area contributed by atoms with Crippen LogP contribution in [0, 0.1) is 0 Å². The van der Waals surface area contributed by atoms with Crippen molar-refractivity contribution >= 4 is 23.6 Å². The lowest BCUT2D eigenvalue weighted by atomic mass is 10.2. The fourth-order valence-electron chi connectivity index (χ4n) is 3.66. The second kappa shape index (κ2) is 23.7. The molecule has 16 nitrogen and oxygen atoms in total. The molecule has 0 atom stereocenters. The van der Waals surface area contributed by atoms with Gasteiger partial charge in [0.05, 0.1) is 65.7 Å². The van der Waals surface area contributed by atoms with Gasteiger partial charge in [0.2, 0.25) is 11.5 Å². The molecule has 272 valence electrons. The van der Waals surface area contributed by atoms with Crippen LogP contribution in [0.5, 0.6) is 34.5 Å². The van der Waals surface area contributed by atoms with E-state index in [2.05, 4.69) is 0 Å². The molecule has 4 aromatic carbocycles. The van der Waals surface area contributed by atoms with Crippen molar-refractivity contribution in [3.8, 4) is 34.5 Å². The van der Waals surface area contributed by atoms with Gasteiger partial charge in [-0.05, 0) is 48.5 Å². The Morgan fingerprint density at radius 1 is 0.480 bits per heavy atom. The number of carbonyl (C=O) groups is 2. The Bertz CT molecular complexity index is 1480. The quantitative estimate of drug-likeness (QED) is 0.0939. The number of ether oxygens (including phenoxy) is 6.